The van der Waals surface area contributed by atoms with E-state index in [1.165, 1.54) is 7.94 Å². The Morgan fingerprint density at radius 1 is 0.810 bits per heavy atom. The molecule has 4 heterocycles. The number of nitrogens with zero attached hydrogens (tertiary/aromatic N) is 4. The second-order valence-electron chi connectivity index (χ2n) is 10.4. The lowest BCUT2D eigenvalue weighted by molar-refractivity contribution is -0.594. The topological polar surface area (TPSA) is 146 Å². The van der Waals surface area contributed by atoms with Crippen molar-refractivity contribution in [2.45, 2.75) is 42.1 Å². The minimum Gasteiger partial charge on any atom is -0.323 e. The fourth-order valence-electron chi connectivity index (χ4n) is 5.36. The predicted molar refractivity (Wildman–Crippen MR) is 161 cm³/mol. The summed E-state index contributed by atoms with van der Waals surface area (Å²) in [5.41, 5.74) is 16.0. The molecule has 5 aromatic rings. The highest BCUT2D eigenvalue weighted by Crippen LogP contribution is 2.30. The van der Waals surface area contributed by atoms with Gasteiger partial charge in [-0.25, -0.2) is 24.8 Å². The number of rotatable bonds is 7. The molecule has 0 saturated heterocycles. The molecular formula is C30H31N6O4S2+. The van der Waals surface area contributed by atoms with E-state index in [1.807, 2.05) is 4.57 Å². The van der Waals surface area contributed by atoms with E-state index in [1.54, 1.807) is 105 Å². The van der Waals surface area contributed by atoms with E-state index in [-0.39, 0.29) is 9.79 Å². The van der Waals surface area contributed by atoms with E-state index in [2.05, 4.69) is 4.99 Å². The van der Waals surface area contributed by atoms with Gasteiger partial charge in [0.25, 0.3) is 20.0 Å². The molecule has 0 fully saturated rings. The van der Waals surface area contributed by atoms with Crippen molar-refractivity contribution < 1.29 is 21.4 Å². The van der Waals surface area contributed by atoms with Crippen LogP contribution in [-0.4, -0.2) is 37.5 Å². The van der Waals surface area contributed by atoms with Crippen LogP contribution in [0.3, 0.4) is 0 Å². The Hall–Kier alpha value is -4.10. The van der Waals surface area contributed by atoms with Gasteiger partial charge in [-0.2, -0.15) is 4.57 Å². The molecule has 6 rings (SSSR count). The molecule has 1 aliphatic rings. The molecule has 10 nitrogen and oxygen atoms in total. The van der Waals surface area contributed by atoms with E-state index in [0.29, 0.717) is 46.6 Å². The lowest BCUT2D eigenvalue weighted by Gasteiger charge is -2.17. The van der Waals surface area contributed by atoms with Crippen molar-refractivity contribution in [2.24, 2.45) is 16.5 Å². The van der Waals surface area contributed by atoms with Crippen LogP contribution < -0.4 is 16.0 Å². The minimum absolute atomic E-state index is 0.134. The second kappa shape index (κ2) is 10.3. The van der Waals surface area contributed by atoms with Gasteiger partial charge in [0.1, 0.15) is 0 Å². The SMILES string of the molecule is C[C@@H](N)c1cc2c(n1S(=O)(=O)c1ccc(-[n+]3ccc4c(cc([C@@H](C)N)n4S(=O)(=O)c4ccccc4)c3)cc1)CCN=C2. The van der Waals surface area contributed by atoms with Crippen LogP contribution in [0.4, 0.5) is 0 Å². The van der Waals surface area contributed by atoms with Crippen molar-refractivity contribution in [3.8, 4) is 5.69 Å². The molecule has 42 heavy (non-hydrogen) atoms. The maximum atomic E-state index is 13.8. The third kappa shape index (κ3) is 4.56. The summed E-state index contributed by atoms with van der Waals surface area (Å²) in [6.07, 6.45) is 5.75. The zero-order valence-electron chi connectivity index (χ0n) is 23.1. The van der Waals surface area contributed by atoms with Crippen LogP contribution >= 0.6 is 0 Å². The summed E-state index contributed by atoms with van der Waals surface area (Å²) < 4.78 is 59.3. The van der Waals surface area contributed by atoms with Gasteiger partial charge >= 0.3 is 0 Å². The van der Waals surface area contributed by atoms with Gasteiger partial charge in [-0.15, -0.1) is 0 Å². The van der Waals surface area contributed by atoms with Crippen LogP contribution in [0.5, 0.6) is 0 Å². The Balaban J connectivity index is 1.40. The molecule has 2 atom stereocenters. The van der Waals surface area contributed by atoms with Crippen LogP contribution in [0, 0.1) is 0 Å². The number of pyridine rings is 1. The molecular weight excluding hydrogens is 573 g/mol. The fourth-order valence-corrected chi connectivity index (χ4v) is 8.67. The lowest BCUT2D eigenvalue weighted by atomic mass is 10.1. The molecule has 0 amide bonds. The van der Waals surface area contributed by atoms with Gasteiger partial charge in [0.2, 0.25) is 5.69 Å². The molecule has 216 valence electrons. The lowest BCUT2D eigenvalue weighted by Crippen LogP contribution is -2.29. The maximum absolute atomic E-state index is 13.8. The fraction of sp³-hybridized carbons (Fsp3) is 0.200. The van der Waals surface area contributed by atoms with Crippen LogP contribution in [0.1, 0.15) is 48.6 Å². The summed E-state index contributed by atoms with van der Waals surface area (Å²) >= 11 is 0. The van der Waals surface area contributed by atoms with Gasteiger partial charge in [0, 0.05) is 60.7 Å². The van der Waals surface area contributed by atoms with Gasteiger partial charge in [0.15, 0.2) is 12.4 Å². The van der Waals surface area contributed by atoms with E-state index < -0.39 is 32.1 Å². The monoisotopic (exact) mass is 603 g/mol. The third-order valence-corrected chi connectivity index (χ3v) is 11.0. The van der Waals surface area contributed by atoms with E-state index in [9.17, 15) is 16.8 Å². The summed E-state index contributed by atoms with van der Waals surface area (Å²) in [6, 6.07) is 19.0. The molecule has 1 aliphatic heterocycles. The molecule has 0 unspecified atom stereocenters. The van der Waals surface area contributed by atoms with Crippen LogP contribution in [0.15, 0.2) is 100.0 Å². The number of aliphatic imine (C=N–C) groups is 1. The Morgan fingerprint density at radius 2 is 1.43 bits per heavy atom. The van der Waals surface area contributed by atoms with Crippen LogP contribution in [0.2, 0.25) is 0 Å². The van der Waals surface area contributed by atoms with Gasteiger partial charge in [-0.3, -0.25) is 4.99 Å². The molecule has 0 radical (unpaired) electrons. The standard InChI is InChI=1S/C30H31N6O4S2/c1-20(31)29-16-22-18-33-14-12-27(22)35(29)42(39,40)26-10-8-24(9-11-26)34-15-13-28-23(19-34)17-30(21(2)32)36(28)41(37,38)25-6-4-3-5-7-25/h3-11,13,15-21H,12,14,31-32H2,1-2H3/q+1/t20-,21-/m1/s1. The average Bonchev–Trinajstić information content (AvgIpc) is 3.58. The van der Waals surface area contributed by atoms with Crippen molar-refractivity contribution in [1.82, 2.24) is 7.94 Å². The summed E-state index contributed by atoms with van der Waals surface area (Å²) in [4.78, 5) is 4.58. The number of hydrogen-bond donors (Lipinski definition) is 2. The molecule has 0 saturated carbocycles. The van der Waals surface area contributed by atoms with Crippen LogP contribution in [-0.2, 0) is 26.5 Å². The maximum Gasteiger partial charge on any atom is 0.268 e. The Kier molecular flexibility index (Phi) is 6.89. The van der Waals surface area contributed by atoms with Crippen molar-refractivity contribution in [3.63, 3.8) is 0 Å². The quantitative estimate of drug-likeness (QED) is 0.273. The molecule has 0 aliphatic carbocycles. The number of aromatic nitrogens is 3. The highest BCUT2D eigenvalue weighted by Gasteiger charge is 2.29. The first kappa shape index (κ1) is 28.0. The first-order valence-corrected chi connectivity index (χ1v) is 16.4. The van der Waals surface area contributed by atoms with Gasteiger partial charge in [-0.1, -0.05) is 18.2 Å². The predicted octanol–water partition coefficient (Wildman–Crippen LogP) is 3.21. The Bertz CT molecular complexity index is 2060. The smallest absolute Gasteiger partial charge is 0.268 e. The van der Waals surface area contributed by atoms with E-state index in [0.717, 1.165) is 5.56 Å². The van der Waals surface area contributed by atoms with E-state index in [4.69, 9.17) is 11.5 Å². The highest BCUT2D eigenvalue weighted by molar-refractivity contribution is 7.90. The molecule has 0 bridgehead atoms. The molecule has 3 aromatic heterocycles. The van der Waals surface area contributed by atoms with Crippen LogP contribution in [0.25, 0.3) is 16.6 Å². The van der Waals surface area contributed by atoms with Gasteiger partial charge in [0.05, 0.1) is 32.1 Å². The Labute approximate surface area is 244 Å². The first-order valence-electron chi connectivity index (χ1n) is 13.5. The number of fused-ring (bicyclic) bond motifs is 2. The summed E-state index contributed by atoms with van der Waals surface area (Å²) in [5.74, 6) is 0. The van der Waals surface area contributed by atoms with Gasteiger partial charge in [-0.05, 0) is 50.2 Å². The van der Waals surface area contributed by atoms with Crippen molar-refractivity contribution in [1.29, 1.82) is 0 Å². The van der Waals surface area contributed by atoms with Crippen molar-refractivity contribution in [2.75, 3.05) is 6.54 Å². The Morgan fingerprint density at radius 3 is 2.10 bits per heavy atom. The summed E-state index contributed by atoms with van der Waals surface area (Å²) in [5, 5.41) is 0.670. The van der Waals surface area contributed by atoms with Crippen molar-refractivity contribution >= 4 is 37.2 Å². The largest absolute Gasteiger partial charge is 0.323 e. The minimum atomic E-state index is -3.92. The number of hydrogen-bond acceptors (Lipinski definition) is 7. The molecule has 12 heteroatoms. The van der Waals surface area contributed by atoms with E-state index >= 15 is 0 Å². The van der Waals surface area contributed by atoms with Gasteiger partial charge < -0.3 is 11.5 Å². The normalized spacial score (nSPS) is 15.0. The highest BCUT2D eigenvalue weighted by atomic mass is 32.2. The summed E-state index contributed by atoms with van der Waals surface area (Å²) in [6.45, 7) is 4.01. The zero-order chi connectivity index (χ0) is 29.8. The number of nitrogens with two attached hydrogens (primary N) is 2. The molecule has 0 spiro atoms. The average molecular weight is 604 g/mol. The zero-order valence-corrected chi connectivity index (χ0v) is 24.8. The first-order chi connectivity index (χ1) is 20.0. The molecule has 2 aromatic carbocycles. The third-order valence-electron chi connectivity index (χ3n) is 7.44. The second-order valence-corrected chi connectivity index (χ2v) is 14.0. The van der Waals surface area contributed by atoms with Crippen molar-refractivity contribution in [3.05, 3.63) is 108 Å². The number of benzene rings is 2. The summed E-state index contributed by atoms with van der Waals surface area (Å²) in [7, 11) is -7.81. The molecule has 4 N–H and O–H groups in total.